The van der Waals surface area contributed by atoms with Gasteiger partial charge in [-0.15, -0.1) is 0 Å². The lowest BCUT2D eigenvalue weighted by Crippen LogP contribution is -2.18. The average molecular weight is 1810 g/mol. The van der Waals surface area contributed by atoms with Gasteiger partial charge in [0.1, 0.15) is 59.8 Å². The molecule has 24 rings (SSSR count). The summed E-state index contributed by atoms with van der Waals surface area (Å²) in [6.45, 7) is 0. The molecule has 1 N–H and O–H groups in total. The summed E-state index contributed by atoms with van der Waals surface area (Å²) in [5.74, 6) is 2.00. The molecule has 0 aliphatic carbocycles. The maximum Gasteiger partial charge on any atom is 0.216 e. The first kappa shape index (κ1) is 85.0. The van der Waals surface area contributed by atoms with Crippen LogP contribution in [0.4, 0.5) is 11.4 Å². The Morgan fingerprint density at radius 1 is 0.285 bits per heavy atom. The van der Waals surface area contributed by atoms with Crippen molar-refractivity contribution in [2.24, 2.45) is 12.5 Å². The van der Waals surface area contributed by atoms with Crippen LogP contribution in [-0.4, -0.2) is 50.2 Å². The summed E-state index contributed by atoms with van der Waals surface area (Å²) in [6.07, 6.45) is 19.1. The minimum Gasteiger partial charge on any atom is -0.447 e. The van der Waals surface area contributed by atoms with Gasteiger partial charge in [0.2, 0.25) is 25.1 Å². The molecule has 2 aromatic heterocycles. The van der Waals surface area contributed by atoms with Gasteiger partial charge >= 0.3 is 0 Å². The number of anilines is 2. The fraction of sp³-hybridized carbons (Fsp3) is 0.0849. The quantitative estimate of drug-likeness (QED) is 0.119. The number of ether oxygens (including phenoxy) is 1. The van der Waals surface area contributed by atoms with E-state index in [1.165, 1.54) is 111 Å². The first-order valence-corrected chi connectivity index (χ1v) is 56.6. The van der Waals surface area contributed by atoms with Crippen LogP contribution in [0.25, 0.3) is 40.3 Å². The third-order valence-electron chi connectivity index (χ3n) is 22.2. The maximum atomic E-state index is 12.4. The Hall–Kier alpha value is -10.2. The largest absolute Gasteiger partial charge is 0.447 e. The summed E-state index contributed by atoms with van der Waals surface area (Å²) >= 11 is 1.89. The first-order chi connectivity index (χ1) is 60.0. The van der Waals surface area contributed by atoms with Gasteiger partial charge in [-0.2, -0.15) is 0 Å². The SMILES string of the molecule is C[S+]1c2ccccc2Cc2ccccc21.C[S+]1c2ccccc2Nc2ccccc21.C[S+]1c2ccccc2Oc2ccccc21.C[S+]1c2ccccc2S(=O)(=O)c2ccccc21.C[S+]1c2ccccc2S(=O)c2ccccc21.C[S+]1c2ccccc2Sc2ccccc21.C[s+]1c2ccccc2c(=O)c2ccccc21.C[s+]1c2ccccc2c2ccccc21. The minimum absolute atomic E-state index is 0.0184. The molecule has 0 radical (unpaired) electrons. The van der Waals surface area contributed by atoms with Gasteiger partial charge in [0.15, 0.2) is 79.3 Å². The lowest BCUT2D eigenvalue weighted by molar-refractivity contribution is 0.453. The number of thiophene rings is 1. The smallest absolute Gasteiger partial charge is 0.216 e. The Morgan fingerprint density at radius 3 is 1.00 bits per heavy atom. The number of nitrogens with one attached hydrogen (secondary N) is 1. The third-order valence-corrected chi connectivity index (χ3v) is 43.8. The highest BCUT2D eigenvalue weighted by molar-refractivity contribution is 8.04. The molecule has 8 heterocycles. The molecule has 6 aliphatic heterocycles. The van der Waals surface area contributed by atoms with Crippen LogP contribution in [0.3, 0.4) is 0 Å². The van der Waals surface area contributed by atoms with Crippen LogP contribution in [0.5, 0.6) is 11.5 Å². The molecule has 0 fully saturated rings. The highest BCUT2D eigenvalue weighted by atomic mass is 32.2. The van der Waals surface area contributed by atoms with E-state index in [0.29, 0.717) is 9.79 Å². The van der Waals surface area contributed by atoms with E-state index in [1.807, 2.05) is 133 Å². The predicted molar refractivity (Wildman–Crippen MR) is 533 cm³/mol. The van der Waals surface area contributed by atoms with Crippen molar-refractivity contribution in [3.05, 3.63) is 410 Å². The fourth-order valence-electron chi connectivity index (χ4n) is 16.0. The van der Waals surface area contributed by atoms with E-state index >= 15 is 0 Å². The molecule has 6 nitrogen and oxygen atoms in total. The Bertz CT molecular complexity index is 6410. The number of hydrogen-bond acceptors (Lipinski definition) is 7. The normalized spacial score (nSPS) is 14.9. The van der Waals surface area contributed by atoms with E-state index in [1.54, 1.807) is 24.3 Å². The molecule has 18 aromatic rings. The lowest BCUT2D eigenvalue weighted by Gasteiger charge is -2.18. The molecule has 6 aliphatic rings. The van der Waals surface area contributed by atoms with Crippen LogP contribution in [0.15, 0.2) is 481 Å². The van der Waals surface area contributed by atoms with Gasteiger partial charge in [-0.3, -0.25) is 4.79 Å². The summed E-state index contributed by atoms with van der Waals surface area (Å²) < 4.78 is 48.4. The number of hydrogen-bond donors (Lipinski definition) is 1. The molecule has 16 aromatic carbocycles. The standard InChI is InChI=1S/C14H11OS.C14H13S.C13H12NS.C13H11O2S2.C13H11OS2.C13H11OS.C13H11S2.C13H11S/c1-16-12-8-4-2-6-10(12)14(15)11-7-3-5-9-13(11)16;1-15-13-8-4-2-6-11(13)10-12-7-3-5-9-14(12)15;1-15-12-8-4-2-6-10(12)14-11-7-3-5-9-13(11)15;1-16-10-6-2-4-8-12(10)17(14,15)13-9-5-3-7-11(13)16;1-15-10-6-2-4-8-12(10)16(14)13-9-5-3-7-11(13)15;2*1-15-12-8-4-2-6-10(12)14-11-7-3-5-9-13(11)15;1-14-12-8-4-2-6-10(12)11-7-3-5-9-13(11)14/h2-9H,1H3;2-9H,10H2,1H3;2-9,14H,1H3;2-9H,1H3;2-9H,1H3;2*2-9H,1H3;2-9H,1H3/q8*+1. The van der Waals surface area contributed by atoms with Crippen molar-refractivity contribution in [2.45, 2.75) is 94.5 Å². The summed E-state index contributed by atoms with van der Waals surface area (Å²) in [5.41, 5.74) is 5.67. The van der Waals surface area contributed by atoms with Crippen molar-refractivity contribution in [1.29, 1.82) is 0 Å². The zero-order valence-corrected chi connectivity index (χ0v) is 78.2. The van der Waals surface area contributed by atoms with E-state index in [2.05, 4.69) is 298 Å². The highest BCUT2D eigenvalue weighted by Gasteiger charge is 2.42. The molecule has 0 saturated heterocycles. The molecule has 123 heavy (non-hydrogen) atoms. The number of fused-ring (bicyclic) bond motifs is 17. The van der Waals surface area contributed by atoms with Crippen LogP contribution < -0.4 is 15.5 Å². The van der Waals surface area contributed by atoms with E-state index in [9.17, 15) is 17.4 Å². The van der Waals surface area contributed by atoms with Crippen LogP contribution in [0.1, 0.15) is 11.1 Å². The van der Waals surface area contributed by atoms with Gasteiger partial charge in [-0.05, 0) is 203 Å². The van der Waals surface area contributed by atoms with E-state index in [4.69, 9.17) is 4.74 Å². The van der Waals surface area contributed by atoms with Crippen molar-refractivity contribution in [1.82, 2.24) is 0 Å². The third kappa shape index (κ3) is 17.5. The van der Waals surface area contributed by atoms with Gasteiger partial charge in [0.05, 0.1) is 118 Å². The second-order valence-corrected chi connectivity index (χ2v) is 49.0. The van der Waals surface area contributed by atoms with Gasteiger partial charge in [0.25, 0.3) is 0 Å². The molecule has 0 spiro atoms. The van der Waals surface area contributed by atoms with Crippen LogP contribution >= 0.6 is 32.7 Å². The van der Waals surface area contributed by atoms with Gasteiger partial charge in [0, 0.05) is 28.3 Å². The molecule has 0 unspecified atom stereocenters. The monoisotopic (exact) mass is 1810 g/mol. The van der Waals surface area contributed by atoms with E-state index in [0.717, 1.165) is 48.3 Å². The van der Waals surface area contributed by atoms with Crippen LogP contribution in [0.2, 0.25) is 0 Å². The molecule has 608 valence electrons. The number of rotatable bonds is 0. The summed E-state index contributed by atoms with van der Waals surface area (Å²) in [7, 11) is -3.32. The number of para-hydroxylation sites is 4. The molecule has 0 atom stereocenters. The van der Waals surface area contributed by atoms with Crippen molar-refractivity contribution < 1.29 is 17.4 Å². The maximum absolute atomic E-state index is 12.4. The van der Waals surface area contributed by atoms with Gasteiger partial charge in [-0.25, -0.2) is 12.6 Å². The summed E-state index contributed by atoms with van der Waals surface area (Å²) in [4.78, 5) is 33.7. The number of benzene rings is 16. The molecule has 0 amide bonds. The van der Waals surface area contributed by atoms with Crippen molar-refractivity contribution in [2.75, 3.05) is 42.9 Å². The average Bonchev–Trinajstić information content (AvgIpc) is 1.37. The van der Waals surface area contributed by atoms with Gasteiger partial charge < -0.3 is 10.1 Å². The molecular weight excluding hydrogens is 1720 g/mol. The van der Waals surface area contributed by atoms with Gasteiger partial charge in [-0.1, -0.05) is 218 Å². The van der Waals surface area contributed by atoms with E-state index < -0.39 is 20.6 Å². The van der Waals surface area contributed by atoms with E-state index in [-0.39, 0.29) is 91.7 Å². The zero-order valence-electron chi connectivity index (χ0n) is 69.2. The molecule has 0 saturated carbocycles. The lowest BCUT2D eigenvalue weighted by atomic mass is 10.0. The van der Waals surface area contributed by atoms with Crippen molar-refractivity contribution >= 4 is 170 Å². The number of aryl methyl sites for hydroxylation is 2. The Morgan fingerprint density at radius 2 is 0.561 bits per heavy atom. The Kier molecular flexibility index (Phi) is 26.3. The summed E-state index contributed by atoms with van der Waals surface area (Å²) in [5, 5.41) is 8.06. The van der Waals surface area contributed by atoms with Crippen molar-refractivity contribution in [3.8, 4) is 11.5 Å². The summed E-state index contributed by atoms with van der Waals surface area (Å²) in [6, 6.07) is 133. The second-order valence-electron chi connectivity index (χ2n) is 29.5. The first-order valence-electron chi connectivity index (χ1n) is 40.1. The zero-order chi connectivity index (χ0) is 84.8. The van der Waals surface area contributed by atoms with Crippen LogP contribution in [-0.2, 0) is 105 Å². The second kappa shape index (κ2) is 38.1. The Labute approximate surface area is 751 Å². The fourth-order valence-corrected chi connectivity index (χ4v) is 36.4. The highest BCUT2D eigenvalue weighted by Crippen LogP contribution is 2.48. The predicted octanol–water partition coefficient (Wildman–Crippen LogP) is 27.2. The number of sulfone groups is 1. The Balaban J connectivity index is 0.0000000998. The molecular formula is C106H91NO5S11+8. The molecule has 17 heteroatoms. The topological polar surface area (TPSA) is 89.5 Å². The molecule has 0 bridgehead atoms. The minimum atomic E-state index is -3.33. The van der Waals surface area contributed by atoms with Crippen LogP contribution in [0, 0.1) is 0 Å². The van der Waals surface area contributed by atoms with Crippen molar-refractivity contribution in [3.63, 3.8) is 0 Å².